The number of fused-ring (bicyclic) bond motifs is 1. The smallest absolute Gasteiger partial charge is 0.113 e. The summed E-state index contributed by atoms with van der Waals surface area (Å²) in [4.78, 5) is 0. The van der Waals surface area contributed by atoms with Gasteiger partial charge >= 0.3 is 0 Å². The lowest BCUT2D eigenvalue weighted by Gasteiger charge is -2.43. The summed E-state index contributed by atoms with van der Waals surface area (Å²) in [5.74, 6) is 0.993. The third-order valence-electron chi connectivity index (χ3n) is 5.66. The van der Waals surface area contributed by atoms with Crippen molar-refractivity contribution in [1.82, 2.24) is 15.4 Å². The zero-order chi connectivity index (χ0) is 18.9. The molecule has 0 amide bonds. The van der Waals surface area contributed by atoms with E-state index in [2.05, 4.69) is 105 Å². The van der Waals surface area contributed by atoms with Gasteiger partial charge in [-0.05, 0) is 52.3 Å². The van der Waals surface area contributed by atoms with E-state index in [9.17, 15) is 0 Å². The molecule has 0 aliphatic rings. The molecule has 1 heterocycles. The van der Waals surface area contributed by atoms with Crippen LogP contribution in [0.3, 0.4) is 0 Å². The van der Waals surface area contributed by atoms with Gasteiger partial charge < -0.3 is 0 Å². The molecule has 0 saturated heterocycles. The number of H-pyrrole nitrogens is 1. The second kappa shape index (κ2) is 6.86. The van der Waals surface area contributed by atoms with Crippen molar-refractivity contribution in [3.05, 3.63) is 59.7 Å². The molecule has 1 unspecified atom stereocenters. The summed E-state index contributed by atoms with van der Waals surface area (Å²) in [6, 6.07) is 17.4. The Labute approximate surface area is 157 Å². The molecule has 0 bridgehead atoms. The largest absolute Gasteiger partial charge is 0.197 e. The molecule has 3 aromatic rings. The summed E-state index contributed by atoms with van der Waals surface area (Å²) in [5, 5.41) is 11.2. The third-order valence-corrected chi connectivity index (χ3v) is 5.66. The number of hydrogen-bond acceptors (Lipinski definition) is 2. The predicted octanol–water partition coefficient (Wildman–Crippen LogP) is 6.09. The summed E-state index contributed by atoms with van der Waals surface area (Å²) < 4.78 is 0. The van der Waals surface area contributed by atoms with Crippen LogP contribution in [0.15, 0.2) is 48.5 Å². The molecule has 2 aromatic carbocycles. The molecule has 3 rings (SSSR count). The number of aromatic nitrogens is 3. The van der Waals surface area contributed by atoms with Crippen LogP contribution in [0, 0.1) is 11.3 Å². The van der Waals surface area contributed by atoms with Gasteiger partial charge in [0.2, 0.25) is 0 Å². The molecule has 138 valence electrons. The van der Waals surface area contributed by atoms with Crippen molar-refractivity contribution in [2.75, 3.05) is 0 Å². The van der Waals surface area contributed by atoms with Crippen LogP contribution in [0.2, 0.25) is 0 Å². The zero-order valence-electron chi connectivity index (χ0n) is 16.9. The van der Waals surface area contributed by atoms with Crippen molar-refractivity contribution in [1.29, 1.82) is 0 Å². The van der Waals surface area contributed by atoms with Crippen LogP contribution in [-0.2, 0) is 5.41 Å². The molecule has 0 spiro atoms. The SMILES string of the molecule is CC(C)C(c1ccc2n[nH]nc2c1)C(C)(C)CC(C)(C)c1ccccc1. The molecule has 3 heteroatoms. The van der Waals surface area contributed by atoms with Crippen molar-refractivity contribution in [2.24, 2.45) is 11.3 Å². The fraction of sp³-hybridized carbons (Fsp3) is 0.478. The van der Waals surface area contributed by atoms with Gasteiger partial charge in [-0.3, -0.25) is 0 Å². The second-order valence-electron chi connectivity index (χ2n) is 9.21. The summed E-state index contributed by atoms with van der Waals surface area (Å²) in [7, 11) is 0. The molecular formula is C23H31N3. The summed E-state index contributed by atoms with van der Waals surface area (Å²) in [6.07, 6.45) is 1.11. The van der Waals surface area contributed by atoms with Gasteiger partial charge in [-0.15, -0.1) is 0 Å². The molecule has 1 aromatic heterocycles. The first-order valence-corrected chi connectivity index (χ1v) is 9.57. The lowest BCUT2D eigenvalue weighted by atomic mass is 9.61. The van der Waals surface area contributed by atoms with Crippen LogP contribution in [0.4, 0.5) is 0 Å². The fourth-order valence-corrected chi connectivity index (χ4v) is 5.03. The van der Waals surface area contributed by atoms with Crippen LogP contribution in [0.5, 0.6) is 0 Å². The molecule has 26 heavy (non-hydrogen) atoms. The average Bonchev–Trinajstić information content (AvgIpc) is 3.02. The highest BCUT2D eigenvalue weighted by atomic mass is 15.3. The molecule has 0 radical (unpaired) electrons. The minimum Gasteiger partial charge on any atom is -0.197 e. The van der Waals surface area contributed by atoms with E-state index in [-0.39, 0.29) is 10.8 Å². The third kappa shape index (κ3) is 3.67. The maximum atomic E-state index is 4.29. The fourth-order valence-electron chi connectivity index (χ4n) is 5.03. The summed E-state index contributed by atoms with van der Waals surface area (Å²) in [5.41, 5.74) is 4.91. The number of nitrogens with one attached hydrogen (secondary N) is 1. The Bertz CT molecular complexity index is 859. The van der Waals surface area contributed by atoms with Crippen LogP contribution in [0.25, 0.3) is 11.0 Å². The Morgan fingerprint density at radius 2 is 1.54 bits per heavy atom. The van der Waals surface area contributed by atoms with Crippen LogP contribution in [-0.4, -0.2) is 15.4 Å². The van der Waals surface area contributed by atoms with Gasteiger partial charge in [0.1, 0.15) is 11.0 Å². The van der Waals surface area contributed by atoms with Crippen LogP contribution >= 0.6 is 0 Å². The first kappa shape index (κ1) is 18.6. The Hall–Kier alpha value is -2.16. The van der Waals surface area contributed by atoms with Crippen molar-refractivity contribution in [3.8, 4) is 0 Å². The molecule has 0 aliphatic carbocycles. The standard InChI is InChI=1S/C23H31N3/c1-16(2)21(17-12-13-19-20(14-17)25-26-24-19)23(5,6)15-22(3,4)18-10-8-7-9-11-18/h7-14,16,21H,15H2,1-6H3,(H,24,25,26). The van der Waals surface area contributed by atoms with Crippen LogP contribution in [0.1, 0.15) is 65.0 Å². The second-order valence-corrected chi connectivity index (χ2v) is 9.21. The van der Waals surface area contributed by atoms with E-state index in [4.69, 9.17) is 0 Å². The van der Waals surface area contributed by atoms with Crippen molar-refractivity contribution < 1.29 is 0 Å². The Morgan fingerprint density at radius 1 is 0.885 bits per heavy atom. The zero-order valence-corrected chi connectivity index (χ0v) is 16.9. The van der Waals surface area contributed by atoms with E-state index in [1.165, 1.54) is 11.1 Å². The minimum atomic E-state index is 0.121. The number of benzene rings is 2. The van der Waals surface area contributed by atoms with E-state index in [0.29, 0.717) is 11.8 Å². The number of hydrogen-bond donors (Lipinski definition) is 1. The Morgan fingerprint density at radius 3 is 2.19 bits per heavy atom. The molecule has 3 nitrogen and oxygen atoms in total. The maximum absolute atomic E-state index is 4.29. The normalized spacial score (nSPS) is 14.1. The van der Waals surface area contributed by atoms with Gasteiger partial charge in [-0.25, -0.2) is 0 Å². The first-order chi connectivity index (χ1) is 12.2. The van der Waals surface area contributed by atoms with Gasteiger partial charge in [-0.1, -0.05) is 77.9 Å². The maximum Gasteiger partial charge on any atom is 0.113 e. The Balaban J connectivity index is 1.95. The van der Waals surface area contributed by atoms with Crippen LogP contribution < -0.4 is 0 Å². The Kier molecular flexibility index (Phi) is 4.92. The molecule has 0 fully saturated rings. The average molecular weight is 350 g/mol. The van der Waals surface area contributed by atoms with Crippen molar-refractivity contribution in [3.63, 3.8) is 0 Å². The molecule has 1 N–H and O–H groups in total. The molecule has 0 aliphatic heterocycles. The number of aromatic amines is 1. The number of rotatable bonds is 6. The molecular weight excluding hydrogens is 318 g/mol. The lowest BCUT2D eigenvalue weighted by molar-refractivity contribution is 0.172. The predicted molar refractivity (Wildman–Crippen MR) is 109 cm³/mol. The van der Waals surface area contributed by atoms with Crippen molar-refractivity contribution >= 4 is 11.0 Å². The molecule has 0 saturated carbocycles. The summed E-state index contributed by atoms with van der Waals surface area (Å²) in [6.45, 7) is 14.2. The van der Waals surface area contributed by atoms with Gasteiger partial charge in [0, 0.05) is 0 Å². The van der Waals surface area contributed by atoms with E-state index >= 15 is 0 Å². The van der Waals surface area contributed by atoms with E-state index in [1.807, 2.05) is 0 Å². The van der Waals surface area contributed by atoms with Gasteiger partial charge in [0.15, 0.2) is 0 Å². The van der Waals surface area contributed by atoms with Crippen molar-refractivity contribution in [2.45, 2.75) is 59.3 Å². The molecule has 1 atom stereocenters. The van der Waals surface area contributed by atoms with E-state index in [1.54, 1.807) is 0 Å². The van der Waals surface area contributed by atoms with E-state index in [0.717, 1.165) is 17.5 Å². The monoisotopic (exact) mass is 349 g/mol. The highest BCUT2D eigenvalue weighted by molar-refractivity contribution is 5.74. The first-order valence-electron chi connectivity index (χ1n) is 9.57. The van der Waals surface area contributed by atoms with Gasteiger partial charge in [-0.2, -0.15) is 15.4 Å². The van der Waals surface area contributed by atoms with Gasteiger partial charge in [0.25, 0.3) is 0 Å². The number of nitrogens with zero attached hydrogens (tertiary/aromatic N) is 2. The minimum absolute atomic E-state index is 0.121. The highest BCUT2D eigenvalue weighted by Crippen LogP contribution is 2.48. The quantitative estimate of drug-likeness (QED) is 0.585. The lowest BCUT2D eigenvalue weighted by Crippen LogP contribution is -2.33. The summed E-state index contributed by atoms with van der Waals surface area (Å²) >= 11 is 0. The topological polar surface area (TPSA) is 41.6 Å². The van der Waals surface area contributed by atoms with Gasteiger partial charge in [0.05, 0.1) is 0 Å². The van der Waals surface area contributed by atoms with E-state index < -0.39 is 0 Å². The highest BCUT2D eigenvalue weighted by Gasteiger charge is 2.38.